The van der Waals surface area contributed by atoms with E-state index in [4.69, 9.17) is 11.0 Å². The van der Waals surface area contributed by atoms with Gasteiger partial charge in [0, 0.05) is 41.5 Å². The number of rotatable bonds is 8. The maximum atomic E-state index is 13.6. The van der Waals surface area contributed by atoms with Crippen molar-refractivity contribution in [1.29, 1.82) is 5.26 Å². The van der Waals surface area contributed by atoms with Crippen molar-refractivity contribution in [1.82, 2.24) is 15.3 Å². The highest BCUT2D eigenvalue weighted by Gasteiger charge is 2.30. The van der Waals surface area contributed by atoms with Crippen LogP contribution in [0, 0.1) is 11.3 Å². The first-order chi connectivity index (χ1) is 19.5. The molecule has 3 amide bonds. The average molecular weight is 552 g/mol. The van der Waals surface area contributed by atoms with E-state index in [2.05, 4.69) is 26.7 Å². The number of hydrogen-bond donors (Lipinski definition) is 3. The van der Waals surface area contributed by atoms with Crippen LogP contribution < -0.4 is 21.3 Å². The lowest BCUT2D eigenvalue weighted by Crippen LogP contribution is -2.48. The van der Waals surface area contributed by atoms with Crippen molar-refractivity contribution in [2.45, 2.75) is 44.3 Å². The lowest BCUT2D eigenvalue weighted by atomic mass is 9.89. The first kappa shape index (κ1) is 26.8. The summed E-state index contributed by atoms with van der Waals surface area (Å²) < 4.78 is 0. The highest BCUT2D eigenvalue weighted by Crippen LogP contribution is 2.31. The summed E-state index contributed by atoms with van der Waals surface area (Å²) >= 11 is 1.36. The number of benzene rings is 2. The number of urea groups is 1. The van der Waals surface area contributed by atoms with Crippen molar-refractivity contribution >= 4 is 34.8 Å². The number of carbonyl (C=O) groups is 2. The number of thiazole rings is 1. The molecule has 0 aliphatic heterocycles. The second-order valence-electron chi connectivity index (χ2n) is 9.66. The summed E-state index contributed by atoms with van der Waals surface area (Å²) in [6.07, 6.45) is 4.96. The number of nitrogens with zero attached hydrogens (tertiary/aromatic N) is 4. The second-order valence-corrected chi connectivity index (χ2v) is 10.5. The van der Waals surface area contributed by atoms with E-state index >= 15 is 0 Å². The minimum Gasteiger partial charge on any atom is -0.367 e. The fourth-order valence-corrected chi connectivity index (χ4v) is 5.68. The number of pyridine rings is 1. The van der Waals surface area contributed by atoms with Gasteiger partial charge in [0.1, 0.15) is 22.6 Å². The van der Waals surface area contributed by atoms with Crippen LogP contribution in [0.5, 0.6) is 0 Å². The predicted molar refractivity (Wildman–Crippen MR) is 156 cm³/mol. The Balaban J connectivity index is 1.30. The van der Waals surface area contributed by atoms with E-state index < -0.39 is 5.91 Å². The molecule has 1 fully saturated rings. The quantitative estimate of drug-likeness (QED) is 0.271. The van der Waals surface area contributed by atoms with Gasteiger partial charge in [-0.05, 0) is 67.6 Å². The molecule has 4 aromatic rings. The van der Waals surface area contributed by atoms with Gasteiger partial charge in [-0.15, -0.1) is 11.3 Å². The standard InChI is InChI=1S/C30H29N7O2S/c31-16-21-6-15-27(33-18-21)35-23-9-13-25(14-10-23)37(30(39)34-17-20-4-2-1-3-5-20)24-11-7-22(8-12-24)29-36-26(19-40-29)28(32)38/h1-8,11-12,15,18-19,23,25H,9-10,13-14,17H2,(H2,32,38)(H,33,35)(H,34,39). The molecule has 9 nitrogen and oxygen atoms in total. The van der Waals surface area contributed by atoms with E-state index in [1.165, 1.54) is 11.3 Å². The van der Waals surface area contributed by atoms with Crippen molar-refractivity contribution in [2.75, 3.05) is 10.2 Å². The normalized spacial score (nSPS) is 16.5. The number of nitriles is 1. The fourth-order valence-electron chi connectivity index (χ4n) is 4.87. The molecular weight excluding hydrogens is 522 g/mol. The number of aromatic nitrogens is 2. The van der Waals surface area contributed by atoms with Crippen LogP contribution in [0.1, 0.15) is 47.3 Å². The van der Waals surface area contributed by atoms with Crippen LogP contribution in [-0.4, -0.2) is 34.0 Å². The summed E-state index contributed by atoms with van der Waals surface area (Å²) in [4.78, 5) is 35.5. The molecule has 5 rings (SSSR count). The molecule has 40 heavy (non-hydrogen) atoms. The van der Waals surface area contributed by atoms with Gasteiger partial charge in [0.2, 0.25) is 0 Å². The molecule has 2 aromatic carbocycles. The second kappa shape index (κ2) is 12.4. The third-order valence-electron chi connectivity index (χ3n) is 6.96. The Morgan fingerprint density at radius 1 is 1.02 bits per heavy atom. The molecule has 2 aromatic heterocycles. The Hall–Kier alpha value is -4.75. The molecule has 10 heteroatoms. The molecule has 1 aliphatic rings. The molecule has 1 saturated carbocycles. The highest BCUT2D eigenvalue weighted by molar-refractivity contribution is 7.13. The molecular formula is C30H29N7O2S. The van der Waals surface area contributed by atoms with Gasteiger partial charge in [0.05, 0.1) is 5.56 Å². The molecule has 4 N–H and O–H groups in total. The minimum atomic E-state index is -0.555. The van der Waals surface area contributed by atoms with E-state index in [1.54, 1.807) is 17.6 Å². The Morgan fingerprint density at radius 3 is 2.40 bits per heavy atom. The Morgan fingerprint density at radius 2 is 1.77 bits per heavy atom. The highest BCUT2D eigenvalue weighted by atomic mass is 32.1. The van der Waals surface area contributed by atoms with Gasteiger partial charge in [0.25, 0.3) is 5.91 Å². The van der Waals surface area contributed by atoms with Crippen molar-refractivity contribution in [2.24, 2.45) is 5.73 Å². The first-order valence-corrected chi connectivity index (χ1v) is 14.0. The lowest BCUT2D eigenvalue weighted by Gasteiger charge is -2.37. The summed E-state index contributed by atoms with van der Waals surface area (Å²) in [5, 5.41) is 17.9. The monoisotopic (exact) mass is 551 g/mol. The third kappa shape index (κ3) is 6.45. The zero-order valence-corrected chi connectivity index (χ0v) is 22.6. The molecule has 0 bridgehead atoms. The van der Waals surface area contributed by atoms with E-state index in [-0.39, 0.29) is 23.8 Å². The molecule has 202 valence electrons. The number of amides is 3. The first-order valence-electron chi connectivity index (χ1n) is 13.1. The number of primary amides is 1. The van der Waals surface area contributed by atoms with Gasteiger partial charge in [-0.2, -0.15) is 5.26 Å². The van der Waals surface area contributed by atoms with Gasteiger partial charge in [0.15, 0.2) is 0 Å². The van der Waals surface area contributed by atoms with Crippen molar-refractivity contribution < 1.29 is 9.59 Å². The van der Waals surface area contributed by atoms with Gasteiger partial charge in [-0.1, -0.05) is 30.3 Å². The Kier molecular flexibility index (Phi) is 8.32. The lowest BCUT2D eigenvalue weighted by molar-refractivity contribution is 0.0996. The van der Waals surface area contributed by atoms with E-state index in [0.717, 1.165) is 48.3 Å². The predicted octanol–water partition coefficient (Wildman–Crippen LogP) is 5.32. The van der Waals surface area contributed by atoms with Gasteiger partial charge >= 0.3 is 6.03 Å². The molecule has 0 radical (unpaired) electrons. The summed E-state index contributed by atoms with van der Waals surface area (Å²) in [5.41, 5.74) is 8.81. The van der Waals surface area contributed by atoms with Crippen molar-refractivity contribution in [3.05, 3.63) is 95.1 Å². The zero-order chi connectivity index (χ0) is 27.9. The summed E-state index contributed by atoms with van der Waals surface area (Å²) in [5.74, 6) is 0.192. The van der Waals surface area contributed by atoms with E-state index in [1.807, 2.05) is 65.6 Å². The Labute approximate surface area is 236 Å². The Bertz CT molecular complexity index is 1490. The number of hydrogen-bond acceptors (Lipinski definition) is 7. The number of anilines is 2. The van der Waals surface area contributed by atoms with E-state index in [0.29, 0.717) is 17.1 Å². The maximum absolute atomic E-state index is 13.6. The molecule has 0 spiro atoms. The van der Waals surface area contributed by atoms with Crippen LogP contribution in [0.3, 0.4) is 0 Å². The van der Waals surface area contributed by atoms with Crippen molar-refractivity contribution in [3.63, 3.8) is 0 Å². The number of carbonyl (C=O) groups excluding carboxylic acids is 2. The van der Waals surface area contributed by atoms with Crippen molar-refractivity contribution in [3.8, 4) is 16.6 Å². The molecule has 1 aliphatic carbocycles. The molecule has 0 atom stereocenters. The van der Waals surface area contributed by atoms with Gasteiger partial charge in [-0.25, -0.2) is 14.8 Å². The molecule has 0 unspecified atom stereocenters. The van der Waals surface area contributed by atoms with Crippen LogP contribution in [0.15, 0.2) is 78.3 Å². The largest absolute Gasteiger partial charge is 0.367 e. The van der Waals surface area contributed by atoms with Crippen LogP contribution in [0.4, 0.5) is 16.3 Å². The molecule has 0 saturated heterocycles. The van der Waals surface area contributed by atoms with Gasteiger partial charge < -0.3 is 16.4 Å². The maximum Gasteiger partial charge on any atom is 0.322 e. The number of nitrogens with one attached hydrogen (secondary N) is 2. The smallest absolute Gasteiger partial charge is 0.322 e. The van der Waals surface area contributed by atoms with E-state index in [9.17, 15) is 9.59 Å². The third-order valence-corrected chi connectivity index (χ3v) is 7.85. The van der Waals surface area contributed by atoms with Crippen LogP contribution in [0.2, 0.25) is 0 Å². The van der Waals surface area contributed by atoms with Crippen LogP contribution in [0.25, 0.3) is 10.6 Å². The molecule has 2 heterocycles. The van der Waals surface area contributed by atoms with Crippen LogP contribution in [-0.2, 0) is 6.54 Å². The van der Waals surface area contributed by atoms with Gasteiger partial charge in [-0.3, -0.25) is 9.69 Å². The van der Waals surface area contributed by atoms with Crippen LogP contribution >= 0.6 is 11.3 Å². The average Bonchev–Trinajstić information content (AvgIpc) is 3.49. The summed E-state index contributed by atoms with van der Waals surface area (Å²) in [6.45, 7) is 0.435. The zero-order valence-electron chi connectivity index (χ0n) is 21.8. The summed E-state index contributed by atoms with van der Waals surface area (Å²) in [7, 11) is 0. The topological polar surface area (TPSA) is 137 Å². The summed E-state index contributed by atoms with van der Waals surface area (Å²) in [6, 6.07) is 23.3. The fraction of sp³-hybridized carbons (Fsp3) is 0.233. The number of nitrogens with two attached hydrogens (primary N) is 1. The SMILES string of the molecule is N#Cc1ccc(NC2CCC(N(C(=O)NCc3ccccc3)c3ccc(-c4nc(C(N)=O)cs4)cc3)CC2)nc1. The minimum absolute atomic E-state index is 0.0231.